The monoisotopic (exact) mass is 322 g/mol. The van der Waals surface area contributed by atoms with Crippen LogP contribution in [0.1, 0.15) is 6.92 Å². The molecule has 0 spiro atoms. The van der Waals surface area contributed by atoms with Crippen LogP contribution in [0.2, 0.25) is 0 Å². The van der Waals surface area contributed by atoms with E-state index >= 15 is 0 Å². The highest BCUT2D eigenvalue weighted by Gasteiger charge is 2.08. The first-order valence-electron chi connectivity index (χ1n) is 8.34. The third kappa shape index (κ3) is 2.62. The fourth-order valence-corrected chi connectivity index (χ4v) is 3.16. The van der Waals surface area contributed by atoms with E-state index < -0.39 is 0 Å². The van der Waals surface area contributed by atoms with Gasteiger partial charge in [-0.05, 0) is 25.1 Å². The van der Waals surface area contributed by atoms with Crippen molar-refractivity contribution >= 4 is 34.5 Å². The van der Waals surface area contributed by atoms with Crippen LogP contribution < -0.4 is 10.4 Å². The van der Waals surface area contributed by atoms with Gasteiger partial charge in [-0.15, -0.1) is 0 Å². The molecule has 0 radical (unpaired) electrons. The summed E-state index contributed by atoms with van der Waals surface area (Å²) in [6.45, 7) is 6.29. The molecule has 25 heavy (non-hydrogen) atoms. The lowest BCUT2D eigenvalue weighted by atomic mass is 10.0. The number of rotatable bonds is 2. The standard InChI is InChI=1S/C23H18N2/c1-3-4-11-18-16(2)22-19(12-8-15-24-22)20-13-14-21(25-23(18)20)17-9-6-5-7-10-17/h3-15H,2H2,1H3/b4-3-,18-11+. The molecule has 120 valence electrons. The van der Waals surface area contributed by atoms with Crippen molar-refractivity contribution in [2.24, 2.45) is 0 Å². The molecular formula is C23H18N2. The van der Waals surface area contributed by atoms with Gasteiger partial charge >= 0.3 is 0 Å². The summed E-state index contributed by atoms with van der Waals surface area (Å²) < 4.78 is 0. The van der Waals surface area contributed by atoms with Gasteiger partial charge < -0.3 is 0 Å². The minimum Gasteiger partial charge on any atom is -0.256 e. The lowest BCUT2D eigenvalue weighted by Crippen LogP contribution is -2.26. The smallest absolute Gasteiger partial charge is 0.0795 e. The predicted octanol–water partition coefficient (Wildman–Crippen LogP) is 4.22. The van der Waals surface area contributed by atoms with Crippen molar-refractivity contribution in [3.8, 4) is 11.3 Å². The summed E-state index contributed by atoms with van der Waals surface area (Å²) >= 11 is 0. The van der Waals surface area contributed by atoms with E-state index in [0.717, 1.165) is 43.5 Å². The molecular weight excluding hydrogens is 304 g/mol. The van der Waals surface area contributed by atoms with E-state index in [1.54, 1.807) is 0 Å². The number of hydrogen-bond donors (Lipinski definition) is 0. The van der Waals surface area contributed by atoms with E-state index in [9.17, 15) is 0 Å². The molecule has 0 N–H and O–H groups in total. The summed E-state index contributed by atoms with van der Waals surface area (Å²) in [6, 6.07) is 18.5. The van der Waals surface area contributed by atoms with Gasteiger partial charge in [-0.2, -0.15) is 0 Å². The highest BCUT2D eigenvalue weighted by Crippen LogP contribution is 2.22. The zero-order valence-electron chi connectivity index (χ0n) is 14.1. The molecule has 0 bridgehead atoms. The van der Waals surface area contributed by atoms with Gasteiger partial charge in [0.1, 0.15) is 0 Å². The number of nitrogens with zero attached hydrogens (tertiary/aromatic N) is 2. The van der Waals surface area contributed by atoms with Crippen LogP contribution in [0.15, 0.2) is 72.9 Å². The van der Waals surface area contributed by atoms with Crippen molar-refractivity contribution in [2.75, 3.05) is 0 Å². The van der Waals surface area contributed by atoms with Crippen LogP contribution in [0.5, 0.6) is 0 Å². The molecule has 0 amide bonds. The quantitative estimate of drug-likeness (QED) is 0.517. The molecule has 0 unspecified atom stereocenters. The number of aromatic nitrogens is 2. The van der Waals surface area contributed by atoms with E-state index in [-0.39, 0.29) is 0 Å². The van der Waals surface area contributed by atoms with Gasteiger partial charge in [0.05, 0.1) is 16.7 Å². The number of benzene rings is 2. The van der Waals surface area contributed by atoms with Gasteiger partial charge in [0.2, 0.25) is 0 Å². The van der Waals surface area contributed by atoms with Crippen LogP contribution in [0.25, 0.3) is 45.7 Å². The Morgan fingerprint density at radius 3 is 2.48 bits per heavy atom. The van der Waals surface area contributed by atoms with E-state index in [2.05, 4.69) is 48.0 Å². The Bertz CT molecular complexity index is 1210. The highest BCUT2D eigenvalue weighted by molar-refractivity contribution is 6.05. The molecule has 2 aromatic carbocycles. The second-order valence-electron chi connectivity index (χ2n) is 5.94. The molecule has 2 heteroatoms. The van der Waals surface area contributed by atoms with Gasteiger partial charge in [0.25, 0.3) is 0 Å². The Balaban J connectivity index is 2.17. The van der Waals surface area contributed by atoms with Crippen LogP contribution in [0.3, 0.4) is 0 Å². The fraction of sp³-hybridized carbons (Fsp3) is 0.0435. The number of pyridine rings is 2. The second-order valence-corrected chi connectivity index (χ2v) is 5.94. The SMILES string of the molecule is C=c1/c(=C\C=C/C)c2nc(-c3ccccc3)ccc2c2cccnc12. The summed E-state index contributed by atoms with van der Waals surface area (Å²) in [4.78, 5) is 9.52. The fourth-order valence-electron chi connectivity index (χ4n) is 3.16. The van der Waals surface area contributed by atoms with Crippen molar-refractivity contribution in [2.45, 2.75) is 6.92 Å². The first kappa shape index (κ1) is 15.3. The Hall–Kier alpha value is -3.26. The summed E-state index contributed by atoms with van der Waals surface area (Å²) in [7, 11) is 0. The number of hydrogen-bond acceptors (Lipinski definition) is 2. The average molecular weight is 322 g/mol. The molecule has 2 heterocycles. The molecule has 2 nitrogen and oxygen atoms in total. The normalized spacial score (nSPS) is 12.4. The minimum absolute atomic E-state index is 0.916. The molecule has 4 aromatic rings. The maximum Gasteiger partial charge on any atom is 0.0795 e. The van der Waals surface area contributed by atoms with Gasteiger partial charge in [-0.25, -0.2) is 4.98 Å². The topological polar surface area (TPSA) is 25.8 Å². The van der Waals surface area contributed by atoms with Gasteiger partial charge in [0, 0.05) is 33.0 Å². The Morgan fingerprint density at radius 2 is 1.68 bits per heavy atom. The molecule has 2 aromatic heterocycles. The van der Waals surface area contributed by atoms with E-state index in [1.807, 2.05) is 49.5 Å². The molecule has 0 atom stereocenters. The van der Waals surface area contributed by atoms with Crippen molar-refractivity contribution in [3.05, 3.63) is 83.4 Å². The predicted molar refractivity (Wildman–Crippen MR) is 107 cm³/mol. The maximum absolute atomic E-state index is 4.98. The summed E-state index contributed by atoms with van der Waals surface area (Å²) in [5, 5.41) is 4.13. The molecule has 0 saturated heterocycles. The summed E-state index contributed by atoms with van der Waals surface area (Å²) in [5.41, 5.74) is 3.97. The Labute approximate surface area is 146 Å². The van der Waals surface area contributed by atoms with E-state index in [0.29, 0.717) is 0 Å². The molecule has 0 aliphatic heterocycles. The van der Waals surface area contributed by atoms with Gasteiger partial charge in [-0.1, -0.05) is 61.2 Å². The van der Waals surface area contributed by atoms with Crippen molar-refractivity contribution in [1.29, 1.82) is 0 Å². The van der Waals surface area contributed by atoms with Crippen LogP contribution >= 0.6 is 0 Å². The number of fused-ring (bicyclic) bond motifs is 3. The first-order valence-corrected chi connectivity index (χ1v) is 8.34. The molecule has 0 aliphatic carbocycles. The van der Waals surface area contributed by atoms with E-state index in [4.69, 9.17) is 4.98 Å². The first-order chi connectivity index (χ1) is 12.3. The Morgan fingerprint density at radius 1 is 0.880 bits per heavy atom. The van der Waals surface area contributed by atoms with Crippen molar-refractivity contribution in [1.82, 2.24) is 9.97 Å². The summed E-state index contributed by atoms with van der Waals surface area (Å²) in [6.07, 6.45) is 7.92. The lowest BCUT2D eigenvalue weighted by Gasteiger charge is -2.08. The van der Waals surface area contributed by atoms with Crippen LogP contribution in [-0.2, 0) is 0 Å². The highest BCUT2D eigenvalue weighted by atomic mass is 14.7. The molecule has 4 rings (SSSR count). The van der Waals surface area contributed by atoms with Crippen molar-refractivity contribution < 1.29 is 0 Å². The molecule has 0 saturated carbocycles. The third-order valence-corrected chi connectivity index (χ3v) is 4.38. The maximum atomic E-state index is 4.98. The largest absolute Gasteiger partial charge is 0.256 e. The second kappa shape index (κ2) is 6.33. The number of allylic oxidation sites excluding steroid dienone is 2. The third-order valence-electron chi connectivity index (χ3n) is 4.38. The van der Waals surface area contributed by atoms with Crippen LogP contribution in [0, 0.1) is 0 Å². The molecule has 0 fully saturated rings. The summed E-state index contributed by atoms with van der Waals surface area (Å²) in [5.74, 6) is 0. The zero-order valence-corrected chi connectivity index (χ0v) is 14.1. The van der Waals surface area contributed by atoms with Crippen LogP contribution in [0.4, 0.5) is 0 Å². The minimum atomic E-state index is 0.916. The molecule has 0 aliphatic rings. The van der Waals surface area contributed by atoms with E-state index in [1.165, 1.54) is 0 Å². The van der Waals surface area contributed by atoms with Crippen molar-refractivity contribution in [3.63, 3.8) is 0 Å². The van der Waals surface area contributed by atoms with Gasteiger partial charge in [0.15, 0.2) is 0 Å². The lowest BCUT2D eigenvalue weighted by molar-refractivity contribution is 1.36. The van der Waals surface area contributed by atoms with Gasteiger partial charge in [-0.3, -0.25) is 4.98 Å². The Kier molecular flexibility index (Phi) is 3.87. The zero-order chi connectivity index (χ0) is 17.2. The van der Waals surface area contributed by atoms with Crippen LogP contribution in [-0.4, -0.2) is 9.97 Å². The average Bonchev–Trinajstić information content (AvgIpc) is 2.68.